The Morgan fingerprint density at radius 1 is 1.00 bits per heavy atom. The zero-order valence-corrected chi connectivity index (χ0v) is 14.7. The molecule has 5 heteroatoms. The summed E-state index contributed by atoms with van der Waals surface area (Å²) in [5, 5.41) is 0. The molecule has 0 radical (unpaired) electrons. The van der Waals surface area contributed by atoms with Gasteiger partial charge in [-0.2, -0.15) is 0 Å². The Morgan fingerprint density at radius 2 is 1.60 bits per heavy atom. The average molecular weight is 345 g/mol. The van der Waals surface area contributed by atoms with Gasteiger partial charge in [0.2, 0.25) is 0 Å². The minimum absolute atomic E-state index is 0.0188. The molecule has 0 N–H and O–H groups in total. The first-order valence-corrected chi connectivity index (χ1v) is 8.42. The largest absolute Gasteiger partial charge is 0.494 e. The van der Waals surface area contributed by atoms with Gasteiger partial charge in [0.15, 0.2) is 6.61 Å². The van der Waals surface area contributed by atoms with Gasteiger partial charge < -0.3 is 14.4 Å². The molecule has 2 rings (SSSR count). The van der Waals surface area contributed by atoms with Crippen LogP contribution in [0.5, 0.6) is 11.5 Å². The van der Waals surface area contributed by atoms with Crippen LogP contribution in [0, 0.1) is 5.82 Å². The van der Waals surface area contributed by atoms with Crippen LogP contribution in [0.25, 0.3) is 0 Å². The van der Waals surface area contributed by atoms with Crippen molar-refractivity contribution in [1.82, 2.24) is 4.90 Å². The van der Waals surface area contributed by atoms with Crippen LogP contribution in [0.2, 0.25) is 0 Å². The molecule has 0 saturated heterocycles. The number of amides is 1. The molecule has 0 saturated carbocycles. The van der Waals surface area contributed by atoms with Gasteiger partial charge in [-0.3, -0.25) is 4.79 Å². The smallest absolute Gasteiger partial charge is 0.260 e. The fraction of sp³-hybridized carbons (Fsp3) is 0.350. The van der Waals surface area contributed by atoms with E-state index in [4.69, 9.17) is 9.47 Å². The highest BCUT2D eigenvalue weighted by Crippen LogP contribution is 2.17. The Bertz CT molecular complexity index is 656. The van der Waals surface area contributed by atoms with Gasteiger partial charge in [0.1, 0.15) is 17.3 Å². The first-order chi connectivity index (χ1) is 12.1. The number of likely N-dealkylation sites (N-methyl/N-ethyl adjacent to an activating group) is 1. The van der Waals surface area contributed by atoms with Crippen molar-refractivity contribution < 1.29 is 18.7 Å². The first kappa shape index (κ1) is 18.8. The lowest BCUT2D eigenvalue weighted by molar-refractivity contribution is -0.132. The summed E-state index contributed by atoms with van der Waals surface area (Å²) in [6.07, 6.45) is 1.63. The van der Waals surface area contributed by atoms with Gasteiger partial charge in [0, 0.05) is 13.6 Å². The van der Waals surface area contributed by atoms with Gasteiger partial charge in [0.25, 0.3) is 5.91 Å². The Balaban J connectivity index is 1.74. The summed E-state index contributed by atoms with van der Waals surface area (Å²) in [6, 6.07) is 13.5. The maximum atomic E-state index is 12.9. The predicted molar refractivity (Wildman–Crippen MR) is 95.5 cm³/mol. The van der Waals surface area contributed by atoms with E-state index in [0.29, 0.717) is 25.3 Å². The van der Waals surface area contributed by atoms with E-state index in [1.54, 1.807) is 36.2 Å². The molecule has 0 bridgehead atoms. The highest BCUT2D eigenvalue weighted by Gasteiger charge is 2.10. The van der Waals surface area contributed by atoms with Crippen LogP contribution in [-0.2, 0) is 11.2 Å². The molecule has 0 spiro atoms. The molecule has 0 aliphatic heterocycles. The Morgan fingerprint density at radius 3 is 2.20 bits per heavy atom. The fourth-order valence-electron chi connectivity index (χ4n) is 2.18. The summed E-state index contributed by atoms with van der Waals surface area (Å²) in [4.78, 5) is 13.7. The van der Waals surface area contributed by atoms with Gasteiger partial charge in [-0.1, -0.05) is 19.1 Å². The first-order valence-electron chi connectivity index (χ1n) is 8.42. The zero-order chi connectivity index (χ0) is 18.1. The number of hydrogen-bond acceptors (Lipinski definition) is 3. The lowest BCUT2D eigenvalue weighted by Crippen LogP contribution is -2.33. The fourth-order valence-corrected chi connectivity index (χ4v) is 2.18. The number of hydrogen-bond donors (Lipinski definition) is 0. The number of ether oxygens (including phenoxy) is 2. The van der Waals surface area contributed by atoms with Gasteiger partial charge in [-0.15, -0.1) is 0 Å². The molecule has 0 heterocycles. The molecular formula is C20H24FNO3. The second kappa shape index (κ2) is 9.67. The summed E-state index contributed by atoms with van der Waals surface area (Å²) < 4.78 is 23.9. The van der Waals surface area contributed by atoms with E-state index in [2.05, 4.69) is 6.92 Å². The maximum absolute atomic E-state index is 12.9. The monoisotopic (exact) mass is 345 g/mol. The van der Waals surface area contributed by atoms with Crippen molar-refractivity contribution in [3.63, 3.8) is 0 Å². The predicted octanol–water partition coefficient (Wildman–Crippen LogP) is 3.69. The van der Waals surface area contributed by atoms with E-state index in [0.717, 1.165) is 17.7 Å². The molecule has 0 aliphatic rings. The Labute approximate surface area is 148 Å². The molecule has 0 aromatic heterocycles. The normalized spacial score (nSPS) is 10.4. The topological polar surface area (TPSA) is 38.8 Å². The number of benzene rings is 2. The number of halogens is 1. The van der Waals surface area contributed by atoms with Crippen LogP contribution in [0.4, 0.5) is 4.39 Å². The lowest BCUT2D eigenvalue weighted by atomic mass is 10.1. The molecule has 0 fully saturated rings. The third-order valence-electron chi connectivity index (χ3n) is 3.73. The molecule has 2 aromatic rings. The van der Waals surface area contributed by atoms with Crippen molar-refractivity contribution in [2.45, 2.75) is 19.8 Å². The molecule has 2 aromatic carbocycles. The van der Waals surface area contributed by atoms with Crippen LogP contribution < -0.4 is 9.47 Å². The second-order valence-electron chi connectivity index (χ2n) is 5.80. The molecule has 0 aliphatic carbocycles. The van der Waals surface area contributed by atoms with Crippen molar-refractivity contribution in [3.05, 3.63) is 59.9 Å². The summed E-state index contributed by atoms with van der Waals surface area (Å²) in [6.45, 7) is 3.26. The SMILES string of the molecule is CCCOc1ccc(OCC(=O)N(C)CCc2ccc(F)cc2)cc1. The van der Waals surface area contributed by atoms with Crippen LogP contribution in [0.1, 0.15) is 18.9 Å². The maximum Gasteiger partial charge on any atom is 0.260 e. The summed E-state index contributed by atoms with van der Waals surface area (Å²) in [5.41, 5.74) is 0.990. The zero-order valence-electron chi connectivity index (χ0n) is 14.7. The molecule has 134 valence electrons. The van der Waals surface area contributed by atoms with Crippen molar-refractivity contribution in [3.8, 4) is 11.5 Å². The standard InChI is InChI=1S/C20H24FNO3/c1-3-14-24-18-8-10-19(11-9-18)25-15-20(23)22(2)13-12-16-4-6-17(21)7-5-16/h4-11H,3,12-15H2,1-2H3. The molecule has 0 atom stereocenters. The van der Waals surface area contributed by atoms with Crippen LogP contribution in [-0.4, -0.2) is 37.6 Å². The molecular weight excluding hydrogens is 321 g/mol. The summed E-state index contributed by atoms with van der Waals surface area (Å²) in [5.74, 6) is 1.06. The van der Waals surface area contributed by atoms with E-state index in [1.807, 2.05) is 12.1 Å². The minimum Gasteiger partial charge on any atom is -0.494 e. The quantitative estimate of drug-likeness (QED) is 0.696. The van der Waals surface area contributed by atoms with Crippen LogP contribution in [0.15, 0.2) is 48.5 Å². The number of carbonyl (C=O) groups is 1. The number of nitrogens with zero attached hydrogens (tertiary/aromatic N) is 1. The lowest BCUT2D eigenvalue weighted by Gasteiger charge is -2.17. The molecule has 1 amide bonds. The summed E-state index contributed by atoms with van der Waals surface area (Å²) in [7, 11) is 1.73. The highest BCUT2D eigenvalue weighted by atomic mass is 19.1. The Kier molecular flexibility index (Phi) is 7.26. The van der Waals surface area contributed by atoms with E-state index in [9.17, 15) is 9.18 Å². The van der Waals surface area contributed by atoms with Crippen molar-refractivity contribution in [2.24, 2.45) is 0 Å². The van der Waals surface area contributed by atoms with Crippen molar-refractivity contribution in [1.29, 1.82) is 0 Å². The average Bonchev–Trinajstić information content (AvgIpc) is 2.64. The Hall–Kier alpha value is -2.56. The van der Waals surface area contributed by atoms with Crippen molar-refractivity contribution >= 4 is 5.91 Å². The second-order valence-corrected chi connectivity index (χ2v) is 5.80. The third-order valence-corrected chi connectivity index (χ3v) is 3.73. The number of rotatable bonds is 9. The van der Waals surface area contributed by atoms with Crippen LogP contribution >= 0.6 is 0 Å². The van der Waals surface area contributed by atoms with E-state index >= 15 is 0 Å². The molecule has 4 nitrogen and oxygen atoms in total. The molecule has 0 unspecified atom stereocenters. The highest BCUT2D eigenvalue weighted by molar-refractivity contribution is 5.77. The summed E-state index contributed by atoms with van der Waals surface area (Å²) >= 11 is 0. The van der Waals surface area contributed by atoms with Gasteiger partial charge in [-0.25, -0.2) is 4.39 Å². The van der Waals surface area contributed by atoms with Gasteiger partial charge in [-0.05, 0) is 54.8 Å². The number of carbonyl (C=O) groups excluding carboxylic acids is 1. The minimum atomic E-state index is -0.257. The van der Waals surface area contributed by atoms with Gasteiger partial charge in [0.05, 0.1) is 6.61 Å². The molecule has 25 heavy (non-hydrogen) atoms. The van der Waals surface area contributed by atoms with E-state index < -0.39 is 0 Å². The van der Waals surface area contributed by atoms with E-state index in [1.165, 1.54) is 12.1 Å². The van der Waals surface area contributed by atoms with Crippen molar-refractivity contribution in [2.75, 3.05) is 26.8 Å². The van der Waals surface area contributed by atoms with Gasteiger partial charge >= 0.3 is 0 Å². The van der Waals surface area contributed by atoms with Crippen LogP contribution in [0.3, 0.4) is 0 Å². The van der Waals surface area contributed by atoms with E-state index in [-0.39, 0.29) is 18.3 Å². The third kappa shape index (κ3) is 6.45.